The predicted octanol–water partition coefficient (Wildman–Crippen LogP) is 3.60. The average Bonchev–Trinajstić information content (AvgIpc) is 2.68. The molecule has 2 heterocycles. The standard InChI is InChI=1S/C16H21F3N2/c1-2-5-20-11-8-12-3-4-13(9-11)21(12)16-14(18)6-10(17)7-15(16)19/h6-7,11-13,20H,2-5,8-9H2,1H3. The van der Waals surface area contributed by atoms with E-state index in [2.05, 4.69) is 12.2 Å². The molecule has 2 atom stereocenters. The largest absolute Gasteiger partial charge is 0.361 e. The van der Waals surface area contributed by atoms with Crippen LogP contribution in [0.1, 0.15) is 39.0 Å². The summed E-state index contributed by atoms with van der Waals surface area (Å²) in [4.78, 5) is 1.86. The molecule has 1 aromatic rings. The van der Waals surface area contributed by atoms with E-state index in [0.29, 0.717) is 6.04 Å². The molecule has 21 heavy (non-hydrogen) atoms. The van der Waals surface area contributed by atoms with Crippen molar-refractivity contribution in [1.29, 1.82) is 0 Å². The molecule has 0 aromatic heterocycles. The molecule has 1 N–H and O–H groups in total. The lowest BCUT2D eigenvalue weighted by atomic mass is 9.96. The third-order valence-corrected chi connectivity index (χ3v) is 4.66. The SMILES string of the molecule is CCCNC1CC2CCC(C1)N2c1c(F)cc(F)cc1F. The fourth-order valence-corrected chi connectivity index (χ4v) is 3.84. The third-order valence-electron chi connectivity index (χ3n) is 4.66. The molecule has 2 bridgehead atoms. The van der Waals surface area contributed by atoms with Crippen LogP contribution in [0.5, 0.6) is 0 Å². The Morgan fingerprint density at radius 1 is 1.10 bits per heavy atom. The fourth-order valence-electron chi connectivity index (χ4n) is 3.84. The molecule has 0 radical (unpaired) electrons. The average molecular weight is 298 g/mol. The van der Waals surface area contributed by atoms with E-state index in [1.54, 1.807) is 0 Å². The van der Waals surface area contributed by atoms with Gasteiger partial charge in [0, 0.05) is 30.3 Å². The highest BCUT2D eigenvalue weighted by molar-refractivity contribution is 5.53. The topological polar surface area (TPSA) is 15.3 Å². The van der Waals surface area contributed by atoms with Crippen LogP contribution in [0, 0.1) is 17.5 Å². The van der Waals surface area contributed by atoms with Crippen molar-refractivity contribution in [1.82, 2.24) is 5.32 Å². The van der Waals surface area contributed by atoms with Crippen LogP contribution >= 0.6 is 0 Å². The molecule has 0 spiro atoms. The number of nitrogens with zero attached hydrogens (tertiary/aromatic N) is 1. The third kappa shape index (κ3) is 2.76. The molecule has 0 aliphatic carbocycles. The van der Waals surface area contributed by atoms with Gasteiger partial charge < -0.3 is 10.2 Å². The molecule has 2 saturated heterocycles. The van der Waals surface area contributed by atoms with Crippen LogP contribution in [0.4, 0.5) is 18.9 Å². The maximum atomic E-state index is 14.0. The fraction of sp³-hybridized carbons (Fsp3) is 0.625. The first kappa shape index (κ1) is 14.7. The lowest BCUT2D eigenvalue weighted by Crippen LogP contribution is -2.50. The molecule has 1 aromatic carbocycles. The molecule has 3 rings (SSSR count). The second-order valence-electron chi connectivity index (χ2n) is 6.13. The van der Waals surface area contributed by atoms with Crippen LogP contribution in [0.3, 0.4) is 0 Å². The molecule has 0 amide bonds. The highest BCUT2D eigenvalue weighted by Gasteiger charge is 2.42. The Labute approximate surface area is 123 Å². The van der Waals surface area contributed by atoms with Gasteiger partial charge in [-0.05, 0) is 38.6 Å². The summed E-state index contributed by atoms with van der Waals surface area (Å²) in [5.41, 5.74) is -0.0437. The molecular weight excluding hydrogens is 277 g/mol. The summed E-state index contributed by atoms with van der Waals surface area (Å²) in [6.45, 7) is 3.10. The summed E-state index contributed by atoms with van der Waals surface area (Å²) in [6, 6.07) is 2.27. The van der Waals surface area contributed by atoms with Crippen molar-refractivity contribution in [2.24, 2.45) is 0 Å². The monoisotopic (exact) mass is 298 g/mol. The molecule has 2 aliphatic heterocycles. The van der Waals surface area contributed by atoms with Gasteiger partial charge in [-0.1, -0.05) is 6.92 Å². The lowest BCUT2D eigenvalue weighted by molar-refractivity contribution is 0.350. The van der Waals surface area contributed by atoms with Crippen molar-refractivity contribution >= 4 is 5.69 Å². The summed E-state index contributed by atoms with van der Waals surface area (Å²) in [5, 5.41) is 3.51. The summed E-state index contributed by atoms with van der Waals surface area (Å²) < 4.78 is 41.1. The van der Waals surface area contributed by atoms with Gasteiger partial charge in [0.1, 0.15) is 11.5 Å². The van der Waals surface area contributed by atoms with Gasteiger partial charge in [-0.2, -0.15) is 0 Å². The van der Waals surface area contributed by atoms with Gasteiger partial charge in [-0.25, -0.2) is 13.2 Å². The number of halogens is 3. The zero-order valence-electron chi connectivity index (χ0n) is 12.2. The maximum absolute atomic E-state index is 14.0. The van der Waals surface area contributed by atoms with Gasteiger partial charge in [0.05, 0.1) is 0 Å². The van der Waals surface area contributed by atoms with E-state index in [1.165, 1.54) is 0 Å². The quantitative estimate of drug-likeness (QED) is 0.913. The zero-order chi connectivity index (χ0) is 15.0. The number of rotatable bonds is 4. The Bertz CT molecular complexity index is 483. The van der Waals surface area contributed by atoms with Gasteiger partial charge in [0.15, 0.2) is 11.6 Å². The van der Waals surface area contributed by atoms with E-state index in [0.717, 1.165) is 50.8 Å². The first-order valence-corrected chi connectivity index (χ1v) is 7.76. The van der Waals surface area contributed by atoms with Crippen molar-refractivity contribution in [2.75, 3.05) is 11.4 Å². The number of nitrogens with one attached hydrogen (secondary N) is 1. The molecular formula is C16H21F3N2. The minimum Gasteiger partial charge on any atom is -0.361 e. The minimum absolute atomic E-state index is 0.0437. The van der Waals surface area contributed by atoms with E-state index in [4.69, 9.17) is 0 Å². The van der Waals surface area contributed by atoms with Gasteiger partial charge in [-0.3, -0.25) is 0 Å². The van der Waals surface area contributed by atoms with Gasteiger partial charge in [-0.15, -0.1) is 0 Å². The van der Waals surface area contributed by atoms with Crippen molar-refractivity contribution < 1.29 is 13.2 Å². The molecule has 2 nitrogen and oxygen atoms in total. The number of fused-ring (bicyclic) bond motifs is 2. The lowest BCUT2D eigenvalue weighted by Gasteiger charge is -2.41. The van der Waals surface area contributed by atoms with E-state index in [-0.39, 0.29) is 17.8 Å². The molecule has 2 fully saturated rings. The van der Waals surface area contributed by atoms with E-state index < -0.39 is 17.5 Å². The van der Waals surface area contributed by atoms with E-state index in [1.807, 2.05) is 4.90 Å². The Morgan fingerprint density at radius 3 is 2.19 bits per heavy atom. The summed E-state index contributed by atoms with van der Waals surface area (Å²) in [5.74, 6) is -2.44. The Hall–Kier alpha value is -1.23. The van der Waals surface area contributed by atoms with Crippen LogP contribution in [0.25, 0.3) is 0 Å². The molecule has 0 saturated carbocycles. The van der Waals surface area contributed by atoms with Gasteiger partial charge in [0.2, 0.25) is 0 Å². The van der Waals surface area contributed by atoms with Crippen LogP contribution in [0.15, 0.2) is 12.1 Å². The molecule has 116 valence electrons. The highest BCUT2D eigenvalue weighted by atomic mass is 19.1. The molecule has 2 aliphatic rings. The van der Waals surface area contributed by atoms with Gasteiger partial charge >= 0.3 is 0 Å². The maximum Gasteiger partial charge on any atom is 0.152 e. The Balaban J connectivity index is 1.82. The Kier molecular flexibility index (Phi) is 4.11. The van der Waals surface area contributed by atoms with Crippen molar-refractivity contribution in [3.8, 4) is 0 Å². The summed E-state index contributed by atoms with van der Waals surface area (Å²) in [6.07, 6.45) is 4.77. The van der Waals surface area contributed by atoms with Crippen molar-refractivity contribution in [3.05, 3.63) is 29.6 Å². The number of hydrogen-bond donors (Lipinski definition) is 1. The number of anilines is 1. The highest BCUT2D eigenvalue weighted by Crippen LogP contribution is 2.41. The van der Waals surface area contributed by atoms with Crippen molar-refractivity contribution in [2.45, 2.75) is 57.2 Å². The van der Waals surface area contributed by atoms with Gasteiger partial charge in [0.25, 0.3) is 0 Å². The van der Waals surface area contributed by atoms with Crippen LogP contribution in [-0.4, -0.2) is 24.7 Å². The number of benzene rings is 1. The summed E-state index contributed by atoms with van der Waals surface area (Å²) >= 11 is 0. The molecule has 2 unspecified atom stereocenters. The van der Waals surface area contributed by atoms with Crippen LogP contribution in [0.2, 0.25) is 0 Å². The Morgan fingerprint density at radius 2 is 1.67 bits per heavy atom. The summed E-state index contributed by atoms with van der Waals surface area (Å²) in [7, 11) is 0. The number of hydrogen-bond acceptors (Lipinski definition) is 2. The zero-order valence-corrected chi connectivity index (χ0v) is 12.2. The molecule has 5 heteroatoms. The first-order chi connectivity index (χ1) is 10.1. The van der Waals surface area contributed by atoms with E-state index >= 15 is 0 Å². The van der Waals surface area contributed by atoms with Crippen LogP contribution in [-0.2, 0) is 0 Å². The van der Waals surface area contributed by atoms with Crippen molar-refractivity contribution in [3.63, 3.8) is 0 Å². The van der Waals surface area contributed by atoms with E-state index in [9.17, 15) is 13.2 Å². The predicted molar refractivity (Wildman–Crippen MR) is 76.9 cm³/mol. The smallest absolute Gasteiger partial charge is 0.152 e. The first-order valence-electron chi connectivity index (χ1n) is 7.76. The second kappa shape index (κ2) is 5.87. The number of piperidine rings is 1. The second-order valence-corrected chi connectivity index (χ2v) is 6.13. The van der Waals surface area contributed by atoms with Crippen LogP contribution < -0.4 is 10.2 Å². The minimum atomic E-state index is -0.861. The normalized spacial score (nSPS) is 28.2.